The topological polar surface area (TPSA) is 47.5 Å². The molecule has 1 unspecified atom stereocenters. The Morgan fingerprint density at radius 2 is 2.04 bits per heavy atom. The summed E-state index contributed by atoms with van der Waals surface area (Å²) in [5, 5.41) is 1.14. The monoisotopic (exact) mass is 355 g/mol. The van der Waals surface area contributed by atoms with Crippen LogP contribution in [0.1, 0.15) is 29.3 Å². The van der Waals surface area contributed by atoms with Crippen molar-refractivity contribution in [3.63, 3.8) is 0 Å². The van der Waals surface area contributed by atoms with Gasteiger partial charge in [0.25, 0.3) is 0 Å². The van der Waals surface area contributed by atoms with E-state index in [0.717, 1.165) is 46.9 Å². The van der Waals surface area contributed by atoms with Crippen LogP contribution in [-0.4, -0.2) is 30.7 Å². The third kappa shape index (κ3) is 2.80. The van der Waals surface area contributed by atoms with Crippen LogP contribution in [0, 0.1) is 6.92 Å². The number of anilines is 1. The minimum absolute atomic E-state index is 0.249. The van der Waals surface area contributed by atoms with Gasteiger partial charge in [-0.05, 0) is 38.0 Å². The maximum Gasteiger partial charge on any atom is 0.141 e. The van der Waals surface area contributed by atoms with Crippen LogP contribution in [0.15, 0.2) is 30.6 Å². The fraction of sp³-hybridized carbons (Fsp3) is 0.368. The van der Waals surface area contributed by atoms with Gasteiger partial charge in [0.1, 0.15) is 28.5 Å². The molecule has 1 aliphatic rings. The zero-order valence-corrected chi connectivity index (χ0v) is 15.5. The standard InChI is InChI=1S/C19H21N3O2S/c1-12-9-15-18(20-11-21-19(15)25-12)22-8-4-5-16(22)14-7-6-13(23-2)10-17(14)24-3/h6-7,9-11,16H,4-5,8H2,1-3H3. The number of hydrogen-bond acceptors (Lipinski definition) is 6. The number of aryl methyl sites for hydroxylation is 1. The van der Waals surface area contributed by atoms with Gasteiger partial charge in [0, 0.05) is 23.1 Å². The molecule has 2 aromatic heterocycles. The van der Waals surface area contributed by atoms with Gasteiger partial charge in [-0.3, -0.25) is 0 Å². The van der Waals surface area contributed by atoms with Crippen molar-refractivity contribution in [2.75, 3.05) is 25.7 Å². The Morgan fingerprint density at radius 3 is 2.84 bits per heavy atom. The molecule has 130 valence electrons. The van der Waals surface area contributed by atoms with Gasteiger partial charge >= 0.3 is 0 Å². The molecule has 0 saturated carbocycles. The summed E-state index contributed by atoms with van der Waals surface area (Å²) in [7, 11) is 3.38. The van der Waals surface area contributed by atoms with Crippen molar-refractivity contribution in [3.8, 4) is 11.5 Å². The number of nitrogens with zero attached hydrogens (tertiary/aromatic N) is 3. The number of ether oxygens (including phenoxy) is 2. The van der Waals surface area contributed by atoms with Gasteiger partial charge in [-0.1, -0.05) is 0 Å². The summed E-state index contributed by atoms with van der Waals surface area (Å²) in [5.74, 6) is 2.70. The lowest BCUT2D eigenvalue weighted by molar-refractivity contribution is 0.388. The Labute approximate surface area is 151 Å². The molecule has 6 heteroatoms. The van der Waals surface area contributed by atoms with E-state index < -0.39 is 0 Å². The highest BCUT2D eigenvalue weighted by molar-refractivity contribution is 7.18. The van der Waals surface area contributed by atoms with E-state index in [1.165, 1.54) is 10.4 Å². The number of hydrogen-bond donors (Lipinski definition) is 0. The van der Waals surface area contributed by atoms with Crippen LogP contribution in [0.3, 0.4) is 0 Å². The lowest BCUT2D eigenvalue weighted by Gasteiger charge is -2.27. The largest absolute Gasteiger partial charge is 0.497 e. The first-order valence-electron chi connectivity index (χ1n) is 8.41. The molecule has 0 aliphatic carbocycles. The number of methoxy groups -OCH3 is 2. The number of fused-ring (bicyclic) bond motifs is 1. The molecule has 0 bridgehead atoms. The molecular weight excluding hydrogens is 334 g/mol. The maximum atomic E-state index is 5.64. The average molecular weight is 355 g/mol. The van der Waals surface area contributed by atoms with Crippen molar-refractivity contribution in [1.82, 2.24) is 9.97 Å². The molecule has 1 atom stereocenters. The Morgan fingerprint density at radius 1 is 1.16 bits per heavy atom. The highest BCUT2D eigenvalue weighted by atomic mass is 32.1. The smallest absolute Gasteiger partial charge is 0.141 e. The molecule has 3 heterocycles. The molecule has 0 spiro atoms. The highest BCUT2D eigenvalue weighted by Crippen LogP contribution is 2.42. The highest BCUT2D eigenvalue weighted by Gasteiger charge is 2.31. The van der Waals surface area contributed by atoms with E-state index in [-0.39, 0.29) is 6.04 Å². The minimum atomic E-state index is 0.249. The molecule has 1 aliphatic heterocycles. The van der Waals surface area contributed by atoms with Gasteiger partial charge in [0.05, 0.1) is 25.6 Å². The first-order valence-corrected chi connectivity index (χ1v) is 9.22. The van der Waals surface area contributed by atoms with Crippen LogP contribution < -0.4 is 14.4 Å². The van der Waals surface area contributed by atoms with E-state index in [2.05, 4.69) is 33.9 Å². The summed E-state index contributed by atoms with van der Waals surface area (Å²) in [6.45, 7) is 3.10. The van der Waals surface area contributed by atoms with Crippen molar-refractivity contribution in [2.45, 2.75) is 25.8 Å². The molecule has 1 aromatic carbocycles. The lowest BCUT2D eigenvalue weighted by atomic mass is 10.0. The number of thiophene rings is 1. The number of aromatic nitrogens is 2. The molecule has 3 aromatic rings. The second-order valence-electron chi connectivity index (χ2n) is 6.23. The van der Waals surface area contributed by atoms with Crippen molar-refractivity contribution in [1.29, 1.82) is 0 Å². The second kappa shape index (κ2) is 6.52. The van der Waals surface area contributed by atoms with Crippen molar-refractivity contribution in [3.05, 3.63) is 41.0 Å². The molecule has 1 saturated heterocycles. The first kappa shape index (κ1) is 16.1. The Kier molecular flexibility index (Phi) is 4.21. The quantitative estimate of drug-likeness (QED) is 0.696. The van der Waals surface area contributed by atoms with E-state index in [9.17, 15) is 0 Å². The predicted molar refractivity (Wildman–Crippen MR) is 101 cm³/mol. The van der Waals surface area contributed by atoms with Gasteiger partial charge in [0.2, 0.25) is 0 Å². The van der Waals surface area contributed by atoms with Crippen LogP contribution in [0.5, 0.6) is 11.5 Å². The van der Waals surface area contributed by atoms with Crippen molar-refractivity contribution < 1.29 is 9.47 Å². The van der Waals surface area contributed by atoms with Gasteiger partial charge in [-0.2, -0.15) is 0 Å². The van der Waals surface area contributed by atoms with Crippen molar-refractivity contribution >= 4 is 27.4 Å². The summed E-state index contributed by atoms with van der Waals surface area (Å²) in [5.41, 5.74) is 1.18. The van der Waals surface area contributed by atoms with Crippen LogP contribution in [0.4, 0.5) is 5.82 Å². The molecule has 0 N–H and O–H groups in total. The van der Waals surface area contributed by atoms with E-state index in [0.29, 0.717) is 0 Å². The van der Waals surface area contributed by atoms with Crippen LogP contribution in [0.25, 0.3) is 10.2 Å². The molecule has 25 heavy (non-hydrogen) atoms. The zero-order valence-electron chi connectivity index (χ0n) is 14.7. The van der Waals surface area contributed by atoms with E-state index in [1.54, 1.807) is 31.9 Å². The van der Waals surface area contributed by atoms with Crippen LogP contribution >= 0.6 is 11.3 Å². The summed E-state index contributed by atoms with van der Waals surface area (Å²) >= 11 is 1.72. The summed E-state index contributed by atoms with van der Waals surface area (Å²) in [4.78, 5) is 13.7. The number of rotatable bonds is 4. The van der Waals surface area contributed by atoms with E-state index in [1.807, 2.05) is 12.1 Å². The Balaban J connectivity index is 1.78. The van der Waals surface area contributed by atoms with Crippen molar-refractivity contribution in [2.24, 2.45) is 0 Å². The fourth-order valence-corrected chi connectivity index (χ4v) is 4.47. The SMILES string of the molecule is COc1ccc(C2CCCN2c2ncnc3sc(C)cc23)c(OC)c1. The van der Waals surface area contributed by atoms with Crippen LogP contribution in [0.2, 0.25) is 0 Å². The van der Waals surface area contributed by atoms with Gasteiger partial charge in [0.15, 0.2) is 0 Å². The third-order valence-corrected chi connectivity index (χ3v) is 5.71. The van der Waals surface area contributed by atoms with Gasteiger partial charge < -0.3 is 14.4 Å². The summed E-state index contributed by atoms with van der Waals surface area (Å²) < 4.78 is 11.0. The predicted octanol–water partition coefficient (Wildman–Crippen LogP) is 4.36. The van der Waals surface area contributed by atoms with Gasteiger partial charge in [-0.15, -0.1) is 11.3 Å². The summed E-state index contributed by atoms with van der Waals surface area (Å²) in [6.07, 6.45) is 3.89. The number of benzene rings is 1. The maximum absolute atomic E-state index is 5.64. The average Bonchev–Trinajstić information content (AvgIpc) is 3.26. The lowest BCUT2D eigenvalue weighted by Crippen LogP contribution is -2.24. The Bertz CT molecular complexity index is 909. The molecule has 1 fully saturated rings. The molecule has 4 rings (SSSR count). The van der Waals surface area contributed by atoms with Gasteiger partial charge in [-0.25, -0.2) is 9.97 Å². The van der Waals surface area contributed by atoms with E-state index >= 15 is 0 Å². The second-order valence-corrected chi connectivity index (χ2v) is 7.47. The summed E-state index contributed by atoms with van der Waals surface area (Å²) in [6, 6.07) is 8.50. The Hall–Kier alpha value is -2.34. The fourth-order valence-electron chi connectivity index (χ4n) is 3.63. The molecule has 5 nitrogen and oxygen atoms in total. The minimum Gasteiger partial charge on any atom is -0.497 e. The van der Waals surface area contributed by atoms with Crippen LogP contribution in [-0.2, 0) is 0 Å². The molecule has 0 radical (unpaired) electrons. The normalized spacial score (nSPS) is 17.2. The first-order chi connectivity index (χ1) is 12.2. The molecule has 0 amide bonds. The molecular formula is C19H21N3O2S. The zero-order chi connectivity index (χ0) is 17.4. The van der Waals surface area contributed by atoms with E-state index in [4.69, 9.17) is 9.47 Å². The third-order valence-electron chi connectivity index (χ3n) is 4.76.